The summed E-state index contributed by atoms with van der Waals surface area (Å²) >= 11 is 0. The monoisotopic (exact) mass is 338 g/mol. The molecule has 0 bridgehead atoms. The number of phenols is 4. The number of aromatic hydroxyl groups is 4. The van der Waals surface area contributed by atoms with Crippen molar-refractivity contribution in [3.63, 3.8) is 0 Å². The van der Waals surface area contributed by atoms with Crippen molar-refractivity contribution < 1.29 is 25.2 Å². The molecule has 0 radical (unpaired) electrons. The zero-order chi connectivity index (χ0) is 18.4. The van der Waals surface area contributed by atoms with Crippen LogP contribution in [0.1, 0.15) is 11.1 Å². The number of amides is 1. The molecule has 0 aromatic heterocycles. The van der Waals surface area contributed by atoms with Crippen molar-refractivity contribution in [1.82, 2.24) is 5.32 Å². The molecular weight excluding hydrogens is 324 g/mol. The van der Waals surface area contributed by atoms with Crippen LogP contribution in [0.5, 0.6) is 23.0 Å². The minimum Gasteiger partial charge on any atom is -0.504 e. The number of nitriles is 1. The SMILES string of the molecule is N#CC(=Cc1ccc(O)c(O)c1)C(=Cc1ccc(O)c(O)c1)NC=O. The predicted molar refractivity (Wildman–Crippen MR) is 90.3 cm³/mol. The summed E-state index contributed by atoms with van der Waals surface area (Å²) in [7, 11) is 0. The molecule has 2 aromatic rings. The zero-order valence-electron chi connectivity index (χ0n) is 12.8. The lowest BCUT2D eigenvalue weighted by Crippen LogP contribution is -2.11. The Bertz CT molecular complexity index is 910. The Labute approximate surface area is 143 Å². The van der Waals surface area contributed by atoms with Gasteiger partial charge in [-0.2, -0.15) is 5.26 Å². The maximum absolute atomic E-state index is 10.8. The molecule has 0 saturated carbocycles. The van der Waals surface area contributed by atoms with Gasteiger partial charge in [-0.15, -0.1) is 0 Å². The summed E-state index contributed by atoms with van der Waals surface area (Å²) in [5, 5.41) is 49.5. The van der Waals surface area contributed by atoms with Crippen LogP contribution in [0.3, 0.4) is 0 Å². The van der Waals surface area contributed by atoms with Gasteiger partial charge in [-0.1, -0.05) is 12.1 Å². The van der Waals surface area contributed by atoms with E-state index in [1.807, 2.05) is 6.07 Å². The maximum atomic E-state index is 10.8. The van der Waals surface area contributed by atoms with Gasteiger partial charge < -0.3 is 25.7 Å². The molecule has 5 N–H and O–H groups in total. The lowest BCUT2D eigenvalue weighted by molar-refractivity contribution is -0.108. The molecular formula is C18H14N2O5. The number of nitrogens with zero attached hydrogens (tertiary/aromatic N) is 1. The summed E-state index contributed by atoms with van der Waals surface area (Å²) in [6.45, 7) is 0. The van der Waals surface area contributed by atoms with E-state index < -0.39 is 0 Å². The summed E-state index contributed by atoms with van der Waals surface area (Å²) in [6, 6.07) is 9.97. The normalized spacial score (nSPS) is 11.6. The highest BCUT2D eigenvalue weighted by molar-refractivity contribution is 5.74. The highest BCUT2D eigenvalue weighted by Crippen LogP contribution is 2.28. The average molecular weight is 338 g/mol. The third-order valence-electron chi connectivity index (χ3n) is 3.25. The smallest absolute Gasteiger partial charge is 0.211 e. The molecule has 0 heterocycles. The standard InChI is InChI=1S/C18H14N2O5/c19-9-13(5-11-1-3-15(22)17(24)7-11)14(20-10-21)6-12-2-4-16(23)18(25)8-12/h1-8,10,22-25H,(H,20,21). The van der Waals surface area contributed by atoms with Crippen LogP contribution in [0.25, 0.3) is 12.2 Å². The van der Waals surface area contributed by atoms with Crippen LogP contribution in [0, 0.1) is 11.3 Å². The van der Waals surface area contributed by atoms with Gasteiger partial charge in [-0.3, -0.25) is 4.79 Å². The van der Waals surface area contributed by atoms with Crippen molar-refractivity contribution in [2.75, 3.05) is 0 Å². The molecule has 2 rings (SSSR count). The molecule has 0 aliphatic rings. The molecule has 7 heteroatoms. The molecule has 0 saturated heterocycles. The Balaban J connectivity index is 2.48. The van der Waals surface area contributed by atoms with Crippen molar-refractivity contribution >= 4 is 18.6 Å². The number of phenolic OH excluding ortho intramolecular Hbond substituents is 4. The summed E-state index contributed by atoms with van der Waals surface area (Å²) in [5.41, 5.74) is 1.09. The molecule has 1 amide bonds. The summed E-state index contributed by atoms with van der Waals surface area (Å²) in [5.74, 6) is -1.27. The van der Waals surface area contributed by atoms with E-state index in [1.54, 1.807) is 0 Å². The largest absolute Gasteiger partial charge is 0.504 e. The Morgan fingerprint density at radius 3 is 1.84 bits per heavy atom. The summed E-state index contributed by atoms with van der Waals surface area (Å²) < 4.78 is 0. The number of rotatable bonds is 5. The maximum Gasteiger partial charge on any atom is 0.211 e. The van der Waals surface area contributed by atoms with Crippen LogP contribution in [0.4, 0.5) is 0 Å². The molecule has 0 unspecified atom stereocenters. The number of nitrogens with one attached hydrogen (secondary N) is 1. The quantitative estimate of drug-likeness (QED) is 0.246. The van der Waals surface area contributed by atoms with Gasteiger partial charge in [0, 0.05) is 0 Å². The van der Waals surface area contributed by atoms with E-state index in [9.17, 15) is 30.5 Å². The van der Waals surface area contributed by atoms with E-state index in [0.29, 0.717) is 17.5 Å². The molecule has 7 nitrogen and oxygen atoms in total. The van der Waals surface area contributed by atoms with Crippen molar-refractivity contribution in [3.05, 3.63) is 58.8 Å². The van der Waals surface area contributed by atoms with E-state index in [2.05, 4.69) is 5.32 Å². The lowest BCUT2D eigenvalue weighted by atomic mass is 10.1. The number of allylic oxidation sites excluding steroid dienone is 1. The summed E-state index contributed by atoms with van der Waals surface area (Å²) in [6.07, 6.45) is 3.23. The Hall–Kier alpha value is -3.92. The molecule has 0 spiro atoms. The number of hydrogen-bond acceptors (Lipinski definition) is 6. The molecule has 2 aromatic carbocycles. The first-order chi connectivity index (χ1) is 11.9. The second-order valence-corrected chi connectivity index (χ2v) is 4.99. The fourth-order valence-corrected chi connectivity index (χ4v) is 2.02. The molecule has 0 aliphatic heterocycles. The van der Waals surface area contributed by atoms with Crippen LogP contribution < -0.4 is 5.32 Å². The van der Waals surface area contributed by atoms with Crippen LogP contribution in [0.2, 0.25) is 0 Å². The van der Waals surface area contributed by atoms with Gasteiger partial charge in [0.25, 0.3) is 0 Å². The highest BCUT2D eigenvalue weighted by Gasteiger charge is 2.08. The third-order valence-corrected chi connectivity index (χ3v) is 3.25. The molecule has 0 fully saturated rings. The van der Waals surface area contributed by atoms with Gasteiger partial charge in [0.2, 0.25) is 6.41 Å². The minimum absolute atomic E-state index is 0.0738. The van der Waals surface area contributed by atoms with Gasteiger partial charge in [0.1, 0.15) is 6.07 Å². The van der Waals surface area contributed by atoms with Crippen LogP contribution in [-0.4, -0.2) is 26.8 Å². The number of carbonyl (C=O) groups excluding carboxylic acids is 1. The van der Waals surface area contributed by atoms with Gasteiger partial charge in [0.15, 0.2) is 23.0 Å². The topological polar surface area (TPSA) is 134 Å². The fourth-order valence-electron chi connectivity index (χ4n) is 2.02. The Morgan fingerprint density at radius 1 is 0.880 bits per heavy atom. The zero-order valence-corrected chi connectivity index (χ0v) is 12.8. The second kappa shape index (κ2) is 7.57. The van der Waals surface area contributed by atoms with E-state index in [4.69, 9.17) is 0 Å². The minimum atomic E-state index is -0.344. The van der Waals surface area contributed by atoms with Crippen molar-refractivity contribution in [1.29, 1.82) is 5.26 Å². The Kier molecular flexibility index (Phi) is 5.28. The molecule has 25 heavy (non-hydrogen) atoms. The van der Waals surface area contributed by atoms with E-state index in [1.165, 1.54) is 48.6 Å². The van der Waals surface area contributed by atoms with Gasteiger partial charge in [-0.05, 0) is 47.5 Å². The Morgan fingerprint density at radius 2 is 1.40 bits per heavy atom. The number of benzene rings is 2. The van der Waals surface area contributed by atoms with Gasteiger partial charge >= 0.3 is 0 Å². The van der Waals surface area contributed by atoms with Gasteiger partial charge in [0.05, 0.1) is 11.3 Å². The first-order valence-corrected chi connectivity index (χ1v) is 7.02. The molecule has 126 valence electrons. The summed E-state index contributed by atoms with van der Waals surface area (Å²) in [4.78, 5) is 10.8. The van der Waals surface area contributed by atoms with Gasteiger partial charge in [-0.25, -0.2) is 0 Å². The van der Waals surface area contributed by atoms with Crippen LogP contribution in [0.15, 0.2) is 47.7 Å². The average Bonchev–Trinajstić information content (AvgIpc) is 2.59. The highest BCUT2D eigenvalue weighted by atomic mass is 16.3. The first-order valence-electron chi connectivity index (χ1n) is 7.02. The lowest BCUT2D eigenvalue weighted by Gasteiger charge is -2.06. The number of carbonyl (C=O) groups is 1. The molecule has 0 aliphatic carbocycles. The van der Waals surface area contributed by atoms with Crippen molar-refractivity contribution in [3.8, 4) is 29.1 Å². The van der Waals surface area contributed by atoms with E-state index in [-0.39, 0.29) is 34.3 Å². The van der Waals surface area contributed by atoms with E-state index >= 15 is 0 Å². The number of hydrogen-bond donors (Lipinski definition) is 5. The third kappa shape index (κ3) is 4.30. The molecule has 0 atom stereocenters. The van der Waals surface area contributed by atoms with Crippen molar-refractivity contribution in [2.24, 2.45) is 0 Å². The predicted octanol–water partition coefficient (Wildman–Crippen LogP) is 2.20. The van der Waals surface area contributed by atoms with Crippen LogP contribution in [-0.2, 0) is 4.79 Å². The van der Waals surface area contributed by atoms with Crippen LogP contribution >= 0.6 is 0 Å². The first kappa shape index (κ1) is 17.4. The second-order valence-electron chi connectivity index (χ2n) is 4.99. The van der Waals surface area contributed by atoms with Crippen molar-refractivity contribution in [2.45, 2.75) is 0 Å². The van der Waals surface area contributed by atoms with E-state index in [0.717, 1.165) is 0 Å². The fraction of sp³-hybridized carbons (Fsp3) is 0.